The Morgan fingerprint density at radius 3 is 2.75 bits per heavy atom. The Kier molecular flexibility index (Phi) is 3.87. The van der Waals surface area contributed by atoms with Crippen LogP contribution in [-0.2, 0) is 9.53 Å². The highest BCUT2D eigenvalue weighted by atomic mass is 35.5. The largest absolute Gasteiger partial charge is 0.377 e. The van der Waals surface area contributed by atoms with Crippen LogP contribution in [0.25, 0.3) is 0 Å². The first kappa shape index (κ1) is 13.7. The smallest absolute Gasteiger partial charge is 0.236 e. The molecule has 1 saturated heterocycles. The summed E-state index contributed by atoms with van der Waals surface area (Å²) < 4.78 is 5.66. The maximum absolute atomic E-state index is 11.5. The summed E-state index contributed by atoms with van der Waals surface area (Å²) in [6.07, 6.45) is 1.37. The molecule has 2 fully saturated rings. The molecular weight excluding hydrogens is 228 g/mol. The second kappa shape index (κ2) is 4.51. The molecule has 4 nitrogen and oxygen atoms in total. The van der Waals surface area contributed by atoms with Crippen LogP contribution in [0, 0.1) is 11.3 Å². The van der Waals surface area contributed by atoms with Gasteiger partial charge in [0.25, 0.3) is 0 Å². The van der Waals surface area contributed by atoms with Crippen LogP contribution in [0.4, 0.5) is 0 Å². The van der Waals surface area contributed by atoms with Crippen molar-refractivity contribution in [3.05, 3.63) is 0 Å². The highest BCUT2D eigenvalue weighted by Crippen LogP contribution is 2.52. The molecule has 0 radical (unpaired) electrons. The van der Waals surface area contributed by atoms with Gasteiger partial charge in [0.1, 0.15) is 0 Å². The third-order valence-electron chi connectivity index (χ3n) is 3.81. The second-order valence-electron chi connectivity index (χ2n) is 5.34. The number of amides is 1. The zero-order valence-corrected chi connectivity index (χ0v) is 10.8. The predicted molar refractivity (Wildman–Crippen MR) is 64.5 cm³/mol. The minimum atomic E-state index is -0.429. The zero-order valence-electron chi connectivity index (χ0n) is 10.0. The molecule has 4 atom stereocenters. The van der Waals surface area contributed by atoms with Gasteiger partial charge in [-0.2, -0.15) is 0 Å². The van der Waals surface area contributed by atoms with Crippen molar-refractivity contribution in [3.63, 3.8) is 0 Å². The Bertz CT molecular complexity index is 281. The fourth-order valence-electron chi connectivity index (χ4n) is 2.90. The van der Waals surface area contributed by atoms with Gasteiger partial charge in [0.2, 0.25) is 5.91 Å². The van der Waals surface area contributed by atoms with E-state index in [1.807, 2.05) is 0 Å². The number of carbonyl (C=O) groups is 1. The van der Waals surface area contributed by atoms with Gasteiger partial charge in [-0.3, -0.25) is 4.79 Å². The molecule has 0 bridgehead atoms. The third-order valence-corrected chi connectivity index (χ3v) is 3.81. The van der Waals surface area contributed by atoms with Gasteiger partial charge in [0.05, 0.1) is 12.1 Å². The average Bonchev–Trinajstić information content (AvgIpc) is 2.59. The molecule has 1 aliphatic heterocycles. The van der Waals surface area contributed by atoms with Crippen molar-refractivity contribution in [2.24, 2.45) is 17.1 Å². The van der Waals surface area contributed by atoms with Gasteiger partial charge in [0, 0.05) is 24.0 Å². The van der Waals surface area contributed by atoms with Crippen LogP contribution >= 0.6 is 12.4 Å². The molecule has 1 amide bonds. The highest BCUT2D eigenvalue weighted by molar-refractivity contribution is 5.85. The molecule has 2 rings (SSSR count). The normalized spacial score (nSPS) is 36.6. The number of halogens is 1. The third kappa shape index (κ3) is 1.94. The summed E-state index contributed by atoms with van der Waals surface area (Å²) in [5, 5.41) is 3.03. The van der Waals surface area contributed by atoms with E-state index in [4.69, 9.17) is 10.5 Å². The molecule has 0 aromatic carbocycles. The zero-order chi connectivity index (χ0) is 11.2. The molecule has 0 aromatic rings. The quantitative estimate of drug-likeness (QED) is 0.756. The van der Waals surface area contributed by atoms with Crippen LogP contribution in [0.1, 0.15) is 27.2 Å². The van der Waals surface area contributed by atoms with Crippen molar-refractivity contribution in [3.8, 4) is 0 Å². The van der Waals surface area contributed by atoms with E-state index >= 15 is 0 Å². The standard InChI is InChI=1S/C11H20N2O2.ClH/c1-6(12)10(14)13-8-7-4-5-15-9(7)11(8,2)3;/h6-9H,4-5,12H2,1-3H3,(H,13,14);1H. The minimum Gasteiger partial charge on any atom is -0.377 e. The Balaban J connectivity index is 0.00000128. The Morgan fingerprint density at radius 2 is 2.19 bits per heavy atom. The van der Waals surface area contributed by atoms with Gasteiger partial charge < -0.3 is 15.8 Å². The first-order chi connectivity index (χ1) is 6.94. The average molecular weight is 249 g/mol. The lowest BCUT2D eigenvalue weighted by Gasteiger charge is -2.54. The predicted octanol–water partition coefficient (Wildman–Crippen LogP) is 0.685. The minimum absolute atomic E-state index is 0. The second-order valence-corrected chi connectivity index (χ2v) is 5.34. The number of hydrogen-bond donors (Lipinski definition) is 2. The van der Waals surface area contributed by atoms with E-state index in [0.29, 0.717) is 12.0 Å². The van der Waals surface area contributed by atoms with Gasteiger partial charge in [-0.25, -0.2) is 0 Å². The number of nitrogens with one attached hydrogen (secondary N) is 1. The lowest BCUT2D eigenvalue weighted by atomic mass is 9.57. The first-order valence-corrected chi connectivity index (χ1v) is 5.62. The Labute approximate surface area is 103 Å². The van der Waals surface area contributed by atoms with E-state index in [0.717, 1.165) is 13.0 Å². The van der Waals surface area contributed by atoms with Gasteiger partial charge in [-0.05, 0) is 13.3 Å². The van der Waals surface area contributed by atoms with Crippen LogP contribution in [-0.4, -0.2) is 30.7 Å². The van der Waals surface area contributed by atoms with E-state index in [2.05, 4.69) is 19.2 Å². The topological polar surface area (TPSA) is 64.4 Å². The fourth-order valence-corrected chi connectivity index (χ4v) is 2.90. The SMILES string of the molecule is CC(N)C(=O)NC1C2CCOC2C1(C)C.Cl. The molecule has 4 unspecified atom stereocenters. The number of hydrogen-bond acceptors (Lipinski definition) is 3. The Hall–Kier alpha value is -0.320. The van der Waals surface area contributed by atoms with Crippen LogP contribution in [0.5, 0.6) is 0 Å². The molecular formula is C11H21ClN2O2. The molecule has 0 spiro atoms. The lowest BCUT2D eigenvalue weighted by Crippen LogP contribution is -2.67. The number of ether oxygens (including phenoxy) is 1. The number of rotatable bonds is 2. The van der Waals surface area contributed by atoms with Crippen LogP contribution in [0.3, 0.4) is 0 Å². The maximum atomic E-state index is 11.5. The Morgan fingerprint density at radius 1 is 1.56 bits per heavy atom. The molecule has 16 heavy (non-hydrogen) atoms. The van der Waals surface area contributed by atoms with Crippen molar-refractivity contribution in [2.45, 2.75) is 45.4 Å². The molecule has 1 heterocycles. The monoisotopic (exact) mass is 248 g/mol. The lowest BCUT2D eigenvalue weighted by molar-refractivity contribution is -0.138. The molecule has 5 heteroatoms. The summed E-state index contributed by atoms with van der Waals surface area (Å²) in [6.45, 7) is 6.82. The van der Waals surface area contributed by atoms with Gasteiger partial charge in [0.15, 0.2) is 0 Å². The summed E-state index contributed by atoms with van der Waals surface area (Å²) in [4.78, 5) is 11.5. The van der Waals surface area contributed by atoms with Gasteiger partial charge in [-0.1, -0.05) is 13.8 Å². The fraction of sp³-hybridized carbons (Fsp3) is 0.909. The molecule has 1 saturated carbocycles. The maximum Gasteiger partial charge on any atom is 0.236 e. The molecule has 1 aliphatic carbocycles. The van der Waals surface area contributed by atoms with E-state index in [1.54, 1.807) is 6.92 Å². The van der Waals surface area contributed by atoms with Gasteiger partial charge >= 0.3 is 0 Å². The van der Waals surface area contributed by atoms with Crippen LogP contribution in [0.15, 0.2) is 0 Å². The van der Waals surface area contributed by atoms with E-state index in [9.17, 15) is 4.79 Å². The summed E-state index contributed by atoms with van der Waals surface area (Å²) >= 11 is 0. The molecule has 2 aliphatic rings. The van der Waals surface area contributed by atoms with E-state index in [1.165, 1.54) is 0 Å². The van der Waals surface area contributed by atoms with Gasteiger partial charge in [-0.15, -0.1) is 12.4 Å². The number of nitrogens with two attached hydrogens (primary N) is 1. The number of fused-ring (bicyclic) bond motifs is 1. The summed E-state index contributed by atoms with van der Waals surface area (Å²) in [5.41, 5.74) is 5.59. The summed E-state index contributed by atoms with van der Waals surface area (Å²) in [7, 11) is 0. The van der Waals surface area contributed by atoms with E-state index < -0.39 is 6.04 Å². The molecule has 3 N–H and O–H groups in total. The number of carbonyl (C=O) groups excluding carboxylic acids is 1. The highest BCUT2D eigenvalue weighted by Gasteiger charge is 2.59. The van der Waals surface area contributed by atoms with Crippen LogP contribution < -0.4 is 11.1 Å². The first-order valence-electron chi connectivity index (χ1n) is 5.62. The van der Waals surface area contributed by atoms with Crippen molar-refractivity contribution >= 4 is 18.3 Å². The van der Waals surface area contributed by atoms with Crippen molar-refractivity contribution in [2.75, 3.05) is 6.61 Å². The summed E-state index contributed by atoms with van der Waals surface area (Å²) in [5.74, 6) is 0.432. The van der Waals surface area contributed by atoms with Crippen molar-refractivity contribution in [1.29, 1.82) is 0 Å². The van der Waals surface area contributed by atoms with Crippen molar-refractivity contribution < 1.29 is 9.53 Å². The summed E-state index contributed by atoms with van der Waals surface area (Å²) in [6, 6.07) is -0.203. The van der Waals surface area contributed by atoms with Crippen LogP contribution in [0.2, 0.25) is 0 Å². The van der Waals surface area contributed by atoms with E-state index in [-0.39, 0.29) is 29.8 Å². The van der Waals surface area contributed by atoms with Crippen molar-refractivity contribution in [1.82, 2.24) is 5.32 Å². The molecule has 94 valence electrons. The molecule has 0 aromatic heterocycles.